The SMILES string of the molecule is CCCN1C(=O)c2ccccc2NC1(C)c1ccc(OCC)cc1. The quantitative estimate of drug-likeness (QED) is 0.894. The highest BCUT2D eigenvalue weighted by molar-refractivity contribution is 6.02. The van der Waals surface area contributed by atoms with E-state index < -0.39 is 5.66 Å². The molecule has 1 N–H and O–H groups in total. The van der Waals surface area contributed by atoms with Crippen LogP contribution >= 0.6 is 0 Å². The fourth-order valence-electron chi connectivity index (χ4n) is 3.28. The molecule has 1 aliphatic rings. The molecule has 1 heterocycles. The Morgan fingerprint density at radius 3 is 2.46 bits per heavy atom. The first kappa shape index (κ1) is 16.4. The number of para-hydroxylation sites is 1. The predicted octanol–water partition coefficient (Wildman–Crippen LogP) is 4.24. The number of fused-ring (bicyclic) bond motifs is 1. The van der Waals surface area contributed by atoms with Crippen molar-refractivity contribution in [2.24, 2.45) is 0 Å². The van der Waals surface area contributed by atoms with Gasteiger partial charge in [-0.1, -0.05) is 31.2 Å². The number of nitrogens with zero attached hydrogens (tertiary/aromatic N) is 1. The zero-order valence-corrected chi connectivity index (χ0v) is 14.5. The Hall–Kier alpha value is -2.49. The lowest BCUT2D eigenvalue weighted by Gasteiger charge is -2.46. The van der Waals surface area contributed by atoms with E-state index >= 15 is 0 Å². The predicted molar refractivity (Wildman–Crippen MR) is 96.4 cm³/mol. The summed E-state index contributed by atoms with van der Waals surface area (Å²) in [6, 6.07) is 15.7. The van der Waals surface area contributed by atoms with Crippen molar-refractivity contribution in [2.45, 2.75) is 32.9 Å². The lowest BCUT2D eigenvalue weighted by atomic mass is 9.93. The van der Waals surface area contributed by atoms with E-state index in [9.17, 15) is 4.79 Å². The molecule has 2 aromatic carbocycles. The first-order chi connectivity index (χ1) is 11.6. The van der Waals surface area contributed by atoms with Gasteiger partial charge in [-0.15, -0.1) is 0 Å². The zero-order valence-electron chi connectivity index (χ0n) is 14.5. The summed E-state index contributed by atoms with van der Waals surface area (Å²) < 4.78 is 5.53. The van der Waals surface area contributed by atoms with Crippen LogP contribution in [-0.4, -0.2) is 24.0 Å². The van der Waals surface area contributed by atoms with Crippen LogP contribution < -0.4 is 10.1 Å². The normalized spacial score (nSPS) is 19.6. The van der Waals surface area contributed by atoms with Gasteiger partial charge >= 0.3 is 0 Å². The van der Waals surface area contributed by atoms with Crippen molar-refractivity contribution in [2.75, 3.05) is 18.5 Å². The third-order valence-corrected chi connectivity index (χ3v) is 4.50. The summed E-state index contributed by atoms with van der Waals surface area (Å²) in [6.45, 7) is 7.46. The molecule has 0 spiro atoms. The molecule has 1 unspecified atom stereocenters. The average molecular weight is 324 g/mol. The fraction of sp³-hybridized carbons (Fsp3) is 0.350. The van der Waals surface area contributed by atoms with E-state index in [1.54, 1.807) is 0 Å². The molecule has 4 nitrogen and oxygen atoms in total. The van der Waals surface area contributed by atoms with Crippen molar-refractivity contribution in [3.05, 3.63) is 59.7 Å². The second kappa shape index (κ2) is 6.56. The maximum absolute atomic E-state index is 13.0. The van der Waals surface area contributed by atoms with Crippen LogP contribution in [0.15, 0.2) is 48.5 Å². The molecular weight excluding hydrogens is 300 g/mol. The topological polar surface area (TPSA) is 41.6 Å². The van der Waals surface area contributed by atoms with Crippen LogP contribution in [0.1, 0.15) is 43.1 Å². The Balaban J connectivity index is 2.04. The van der Waals surface area contributed by atoms with Crippen molar-refractivity contribution in [3.8, 4) is 5.75 Å². The summed E-state index contributed by atoms with van der Waals surface area (Å²) >= 11 is 0. The minimum Gasteiger partial charge on any atom is -0.494 e. The number of carbonyl (C=O) groups excluding carboxylic acids is 1. The molecule has 0 aromatic heterocycles. The summed E-state index contributed by atoms with van der Waals surface area (Å²) in [4.78, 5) is 14.9. The van der Waals surface area contributed by atoms with Gasteiger partial charge in [-0.25, -0.2) is 0 Å². The molecule has 0 bridgehead atoms. The van der Waals surface area contributed by atoms with Crippen LogP contribution in [0.2, 0.25) is 0 Å². The molecule has 1 atom stereocenters. The largest absolute Gasteiger partial charge is 0.494 e. The molecule has 0 radical (unpaired) electrons. The van der Waals surface area contributed by atoms with Crippen LogP contribution in [-0.2, 0) is 5.66 Å². The van der Waals surface area contributed by atoms with Crippen LogP contribution in [0.5, 0.6) is 5.75 Å². The molecule has 2 aromatic rings. The molecule has 1 aliphatic heterocycles. The zero-order chi connectivity index (χ0) is 17.2. The van der Waals surface area contributed by atoms with Gasteiger partial charge in [0.1, 0.15) is 11.4 Å². The lowest BCUT2D eigenvalue weighted by molar-refractivity contribution is 0.0535. The molecule has 1 amide bonds. The van der Waals surface area contributed by atoms with Crippen LogP contribution in [0, 0.1) is 0 Å². The number of hydrogen-bond acceptors (Lipinski definition) is 3. The van der Waals surface area contributed by atoms with Gasteiger partial charge in [0.15, 0.2) is 0 Å². The minimum absolute atomic E-state index is 0.0718. The first-order valence-electron chi connectivity index (χ1n) is 8.52. The number of carbonyl (C=O) groups is 1. The van der Waals surface area contributed by atoms with Gasteiger partial charge in [0.25, 0.3) is 5.91 Å². The summed E-state index contributed by atoms with van der Waals surface area (Å²) in [7, 11) is 0. The van der Waals surface area contributed by atoms with Gasteiger partial charge in [-0.2, -0.15) is 0 Å². The minimum atomic E-state index is -0.577. The summed E-state index contributed by atoms with van der Waals surface area (Å²) in [5.41, 5.74) is 2.08. The third-order valence-electron chi connectivity index (χ3n) is 4.50. The van der Waals surface area contributed by atoms with E-state index in [2.05, 4.69) is 19.2 Å². The molecule has 0 aliphatic carbocycles. The summed E-state index contributed by atoms with van der Waals surface area (Å²) in [6.07, 6.45) is 0.905. The number of amides is 1. The number of anilines is 1. The van der Waals surface area contributed by atoms with Gasteiger partial charge in [-0.3, -0.25) is 4.79 Å². The summed E-state index contributed by atoms with van der Waals surface area (Å²) in [5, 5.41) is 3.57. The highest BCUT2D eigenvalue weighted by Crippen LogP contribution is 2.38. The van der Waals surface area contributed by atoms with Crippen molar-refractivity contribution < 1.29 is 9.53 Å². The van der Waals surface area contributed by atoms with Gasteiger partial charge in [0.2, 0.25) is 0 Å². The van der Waals surface area contributed by atoms with Crippen molar-refractivity contribution in [1.29, 1.82) is 0 Å². The van der Waals surface area contributed by atoms with Crippen LogP contribution in [0.4, 0.5) is 5.69 Å². The van der Waals surface area contributed by atoms with E-state index in [0.29, 0.717) is 13.2 Å². The molecule has 24 heavy (non-hydrogen) atoms. The second-order valence-electron chi connectivity index (χ2n) is 6.16. The smallest absolute Gasteiger partial charge is 0.258 e. The molecule has 0 fully saturated rings. The van der Waals surface area contributed by atoms with Crippen LogP contribution in [0.25, 0.3) is 0 Å². The average Bonchev–Trinajstić information content (AvgIpc) is 2.59. The summed E-state index contributed by atoms with van der Waals surface area (Å²) in [5.74, 6) is 0.914. The maximum Gasteiger partial charge on any atom is 0.258 e. The number of ether oxygens (including phenoxy) is 1. The van der Waals surface area contributed by atoms with Crippen LogP contribution in [0.3, 0.4) is 0 Å². The Labute approximate surface area is 143 Å². The molecule has 0 saturated carbocycles. The van der Waals surface area contributed by atoms with Crippen molar-refractivity contribution in [1.82, 2.24) is 4.90 Å². The molecular formula is C20H24N2O2. The fourth-order valence-corrected chi connectivity index (χ4v) is 3.28. The highest BCUT2D eigenvalue weighted by atomic mass is 16.5. The Morgan fingerprint density at radius 2 is 1.79 bits per heavy atom. The van der Waals surface area contributed by atoms with E-state index in [-0.39, 0.29) is 5.91 Å². The van der Waals surface area contributed by atoms with E-state index in [4.69, 9.17) is 4.74 Å². The lowest BCUT2D eigenvalue weighted by Crippen LogP contribution is -2.56. The van der Waals surface area contributed by atoms with E-state index in [1.807, 2.05) is 60.4 Å². The standard InChI is InChI=1S/C20H24N2O2/c1-4-14-22-19(23)17-8-6-7-9-18(17)21-20(22,3)15-10-12-16(13-11-15)24-5-2/h6-13,21H,4-5,14H2,1-3H3. The number of rotatable bonds is 5. The van der Waals surface area contributed by atoms with Gasteiger partial charge in [-0.05, 0) is 50.1 Å². The molecule has 3 rings (SSSR count). The number of nitrogens with one attached hydrogen (secondary N) is 1. The van der Waals surface area contributed by atoms with E-state index in [0.717, 1.165) is 29.0 Å². The molecule has 126 valence electrons. The second-order valence-corrected chi connectivity index (χ2v) is 6.16. The van der Waals surface area contributed by atoms with E-state index in [1.165, 1.54) is 0 Å². The first-order valence-corrected chi connectivity index (χ1v) is 8.52. The maximum atomic E-state index is 13.0. The Bertz CT molecular complexity index is 727. The number of hydrogen-bond donors (Lipinski definition) is 1. The van der Waals surface area contributed by atoms with Gasteiger partial charge < -0.3 is 15.0 Å². The van der Waals surface area contributed by atoms with Crippen molar-refractivity contribution >= 4 is 11.6 Å². The molecule has 4 heteroatoms. The molecule has 0 saturated heterocycles. The highest BCUT2D eigenvalue weighted by Gasteiger charge is 2.41. The van der Waals surface area contributed by atoms with Crippen molar-refractivity contribution in [3.63, 3.8) is 0 Å². The Morgan fingerprint density at radius 1 is 1.08 bits per heavy atom. The third kappa shape index (κ3) is 2.73. The van der Waals surface area contributed by atoms with Gasteiger partial charge in [0, 0.05) is 12.2 Å². The Kier molecular flexibility index (Phi) is 4.47. The monoisotopic (exact) mass is 324 g/mol. The number of benzene rings is 2. The van der Waals surface area contributed by atoms with Gasteiger partial charge in [0.05, 0.1) is 12.2 Å².